The van der Waals surface area contributed by atoms with E-state index < -0.39 is 0 Å². The summed E-state index contributed by atoms with van der Waals surface area (Å²) in [5, 5.41) is 8.61. The topological polar surface area (TPSA) is 61.7 Å². The lowest BCUT2D eigenvalue weighted by Crippen LogP contribution is -1.85. The number of nitrogens with one attached hydrogen (secondary N) is 1. The average Bonchev–Trinajstić information content (AvgIpc) is 2.96. The fraction of sp³-hybridized carbons (Fsp3) is 0.231. The minimum atomic E-state index is 0.362. The maximum atomic E-state index is 8.61. The number of H-pyrrole nitrogens is 1. The van der Waals surface area contributed by atoms with Crippen LogP contribution in [0, 0.1) is 11.3 Å². The monoisotopic (exact) mass is 225 g/mol. The summed E-state index contributed by atoms with van der Waals surface area (Å²) in [6.45, 7) is 0.761. The van der Waals surface area contributed by atoms with Gasteiger partial charge in [-0.25, -0.2) is 4.98 Å². The molecule has 1 aliphatic rings. The van der Waals surface area contributed by atoms with Crippen molar-refractivity contribution in [2.24, 2.45) is 0 Å². The Kier molecular flexibility index (Phi) is 2.30. The first-order chi connectivity index (χ1) is 8.36. The molecule has 2 aromatic rings. The van der Waals surface area contributed by atoms with Gasteiger partial charge in [-0.3, -0.25) is 0 Å². The van der Waals surface area contributed by atoms with Gasteiger partial charge in [0.25, 0.3) is 0 Å². The third-order valence-electron chi connectivity index (χ3n) is 2.86. The molecule has 0 spiro atoms. The van der Waals surface area contributed by atoms with Gasteiger partial charge in [-0.2, -0.15) is 5.26 Å². The highest BCUT2D eigenvalue weighted by molar-refractivity contribution is 5.59. The van der Waals surface area contributed by atoms with Crippen LogP contribution in [0.3, 0.4) is 0 Å². The summed E-state index contributed by atoms with van der Waals surface area (Å²) >= 11 is 0. The van der Waals surface area contributed by atoms with Gasteiger partial charge in [-0.1, -0.05) is 0 Å². The summed E-state index contributed by atoms with van der Waals surface area (Å²) < 4.78 is 5.46. The van der Waals surface area contributed by atoms with Gasteiger partial charge in [0.2, 0.25) is 0 Å². The van der Waals surface area contributed by atoms with Crippen molar-refractivity contribution in [3.63, 3.8) is 0 Å². The molecule has 0 saturated heterocycles. The number of fused-ring (bicyclic) bond motifs is 1. The molecule has 0 saturated carbocycles. The van der Waals surface area contributed by atoms with Crippen molar-refractivity contribution in [2.45, 2.75) is 12.8 Å². The number of nitriles is 1. The van der Waals surface area contributed by atoms with Gasteiger partial charge in [0.1, 0.15) is 11.6 Å². The first-order valence-electron chi connectivity index (χ1n) is 5.54. The second-order valence-electron chi connectivity index (χ2n) is 4.01. The van der Waals surface area contributed by atoms with Gasteiger partial charge >= 0.3 is 0 Å². The van der Waals surface area contributed by atoms with E-state index in [2.05, 4.69) is 22.1 Å². The maximum Gasteiger partial charge on any atom is 0.137 e. The smallest absolute Gasteiger partial charge is 0.137 e. The number of aromatic amines is 1. The number of ether oxygens (including phenoxy) is 1. The van der Waals surface area contributed by atoms with Crippen molar-refractivity contribution in [2.75, 3.05) is 6.61 Å². The lowest BCUT2D eigenvalue weighted by atomic mass is 10.1. The van der Waals surface area contributed by atoms with E-state index in [1.165, 1.54) is 5.56 Å². The van der Waals surface area contributed by atoms with Crippen molar-refractivity contribution < 1.29 is 4.74 Å². The number of hydrogen-bond acceptors (Lipinski definition) is 3. The van der Waals surface area contributed by atoms with E-state index >= 15 is 0 Å². The van der Waals surface area contributed by atoms with Crippen LogP contribution in [0.5, 0.6) is 5.75 Å². The molecule has 1 aromatic carbocycles. The van der Waals surface area contributed by atoms with Gasteiger partial charge < -0.3 is 9.72 Å². The van der Waals surface area contributed by atoms with Crippen LogP contribution in [0.2, 0.25) is 0 Å². The molecule has 3 rings (SSSR count). The van der Waals surface area contributed by atoms with Gasteiger partial charge in [0.15, 0.2) is 0 Å². The fourth-order valence-corrected chi connectivity index (χ4v) is 2.01. The lowest BCUT2D eigenvalue weighted by Gasteiger charge is -2.01. The van der Waals surface area contributed by atoms with E-state index in [-0.39, 0.29) is 0 Å². The Balaban J connectivity index is 1.95. The quantitative estimate of drug-likeness (QED) is 0.851. The van der Waals surface area contributed by atoms with Gasteiger partial charge in [-0.05, 0) is 23.8 Å². The van der Waals surface area contributed by atoms with Crippen LogP contribution in [-0.4, -0.2) is 16.6 Å². The Hall–Kier alpha value is -2.28. The van der Waals surface area contributed by atoms with Crippen LogP contribution in [0.15, 0.2) is 24.4 Å². The summed E-state index contributed by atoms with van der Waals surface area (Å²) in [5.41, 5.74) is 3.11. The zero-order valence-corrected chi connectivity index (χ0v) is 9.23. The number of aromatic nitrogens is 2. The Morgan fingerprint density at radius 3 is 3.29 bits per heavy atom. The second-order valence-corrected chi connectivity index (χ2v) is 4.01. The molecule has 0 fully saturated rings. The number of benzene rings is 1. The molecular weight excluding hydrogens is 214 g/mol. The third kappa shape index (κ3) is 1.76. The Labute approximate surface area is 98.9 Å². The molecule has 1 N–H and O–H groups in total. The summed E-state index contributed by atoms with van der Waals surface area (Å²) in [5.74, 6) is 1.78. The molecule has 2 heterocycles. The number of rotatable bonds is 2. The van der Waals surface area contributed by atoms with Crippen LogP contribution in [0.4, 0.5) is 0 Å². The molecule has 0 bridgehead atoms. The first-order valence-corrected chi connectivity index (χ1v) is 5.54. The largest absolute Gasteiger partial charge is 0.493 e. The van der Waals surface area contributed by atoms with Gasteiger partial charge in [-0.15, -0.1) is 0 Å². The van der Waals surface area contributed by atoms with E-state index in [0.29, 0.717) is 6.42 Å². The molecular formula is C13H11N3O. The molecule has 0 aliphatic carbocycles. The van der Waals surface area contributed by atoms with Crippen molar-refractivity contribution in [3.8, 4) is 23.2 Å². The van der Waals surface area contributed by atoms with Crippen molar-refractivity contribution >= 4 is 0 Å². The SMILES string of the molecule is N#CCc1cnc(-c2ccc3c(c2)CCO3)[nH]1. The number of hydrogen-bond donors (Lipinski definition) is 1. The summed E-state index contributed by atoms with van der Waals surface area (Å²) in [4.78, 5) is 7.43. The van der Waals surface area contributed by atoms with Crippen LogP contribution in [0.25, 0.3) is 11.4 Å². The number of nitrogens with zero attached hydrogens (tertiary/aromatic N) is 2. The molecule has 17 heavy (non-hydrogen) atoms. The molecule has 0 amide bonds. The van der Waals surface area contributed by atoms with E-state index in [0.717, 1.165) is 35.9 Å². The molecule has 1 aliphatic heterocycles. The van der Waals surface area contributed by atoms with Crippen molar-refractivity contribution in [1.29, 1.82) is 5.26 Å². The van der Waals surface area contributed by atoms with E-state index in [1.807, 2.05) is 12.1 Å². The second kappa shape index (κ2) is 3.95. The molecule has 0 unspecified atom stereocenters. The normalized spacial score (nSPS) is 12.9. The molecule has 4 heteroatoms. The van der Waals surface area contributed by atoms with Crippen molar-refractivity contribution in [3.05, 3.63) is 35.7 Å². The third-order valence-corrected chi connectivity index (χ3v) is 2.86. The van der Waals surface area contributed by atoms with Gasteiger partial charge in [0, 0.05) is 23.9 Å². The minimum Gasteiger partial charge on any atom is -0.493 e. The molecule has 1 aromatic heterocycles. The summed E-state index contributed by atoms with van der Waals surface area (Å²) in [6.07, 6.45) is 3.03. The van der Waals surface area contributed by atoms with E-state index in [9.17, 15) is 0 Å². The predicted molar refractivity (Wildman–Crippen MR) is 62.5 cm³/mol. The number of imidazole rings is 1. The van der Waals surface area contributed by atoms with Crippen molar-refractivity contribution in [1.82, 2.24) is 9.97 Å². The minimum absolute atomic E-state index is 0.362. The van der Waals surface area contributed by atoms with Gasteiger partial charge in [0.05, 0.1) is 19.1 Å². The fourth-order valence-electron chi connectivity index (χ4n) is 2.01. The molecule has 0 atom stereocenters. The lowest BCUT2D eigenvalue weighted by molar-refractivity contribution is 0.357. The summed E-state index contributed by atoms with van der Waals surface area (Å²) in [6, 6.07) is 8.16. The molecule has 4 nitrogen and oxygen atoms in total. The summed E-state index contributed by atoms with van der Waals surface area (Å²) in [7, 11) is 0. The zero-order valence-electron chi connectivity index (χ0n) is 9.23. The molecule has 0 radical (unpaired) electrons. The van der Waals surface area contributed by atoms with E-state index in [4.69, 9.17) is 10.00 Å². The van der Waals surface area contributed by atoms with Crippen LogP contribution in [0.1, 0.15) is 11.3 Å². The highest BCUT2D eigenvalue weighted by atomic mass is 16.5. The Bertz CT molecular complexity index is 595. The van der Waals surface area contributed by atoms with Crippen LogP contribution < -0.4 is 4.74 Å². The Morgan fingerprint density at radius 1 is 1.47 bits per heavy atom. The van der Waals surface area contributed by atoms with E-state index in [1.54, 1.807) is 6.20 Å². The zero-order chi connectivity index (χ0) is 11.7. The maximum absolute atomic E-state index is 8.61. The molecule has 84 valence electrons. The highest BCUT2D eigenvalue weighted by Crippen LogP contribution is 2.29. The van der Waals surface area contributed by atoms with Crippen LogP contribution >= 0.6 is 0 Å². The highest BCUT2D eigenvalue weighted by Gasteiger charge is 2.13. The standard InChI is InChI=1S/C13H11N3O/c14-5-3-11-8-15-13(16-11)10-1-2-12-9(7-10)4-6-17-12/h1-2,7-8H,3-4,6H2,(H,15,16). The Morgan fingerprint density at radius 2 is 2.41 bits per heavy atom. The van der Waals surface area contributed by atoms with Crippen LogP contribution in [-0.2, 0) is 12.8 Å². The first kappa shape index (κ1) is 9.91. The average molecular weight is 225 g/mol. The predicted octanol–water partition coefficient (Wildman–Crippen LogP) is 2.08.